The maximum absolute atomic E-state index is 14.2. The van der Waals surface area contributed by atoms with Crippen LogP contribution in [0.4, 0.5) is 8.78 Å². The van der Waals surface area contributed by atoms with Crippen molar-refractivity contribution in [3.05, 3.63) is 70.9 Å². The van der Waals surface area contributed by atoms with Gasteiger partial charge in [0.15, 0.2) is 0 Å². The molecule has 0 fully saturated rings. The first-order valence-corrected chi connectivity index (χ1v) is 8.28. The molecule has 0 aliphatic heterocycles. The molecule has 3 aromatic rings. The molecule has 0 spiro atoms. The Morgan fingerprint density at radius 3 is 2.58 bits per heavy atom. The number of benzene rings is 2. The van der Waals surface area contributed by atoms with Crippen molar-refractivity contribution >= 4 is 10.9 Å². The molecule has 1 unspecified atom stereocenters. The second-order valence-corrected chi connectivity index (χ2v) is 6.13. The number of halogens is 2. The first-order chi connectivity index (χ1) is 11.6. The van der Waals surface area contributed by atoms with Gasteiger partial charge in [-0.2, -0.15) is 0 Å². The summed E-state index contributed by atoms with van der Waals surface area (Å²) >= 11 is 0. The van der Waals surface area contributed by atoms with Crippen LogP contribution < -0.4 is 5.73 Å². The smallest absolute Gasteiger partial charge is 0.126 e. The highest BCUT2D eigenvalue weighted by molar-refractivity contribution is 5.85. The highest BCUT2D eigenvalue weighted by Gasteiger charge is 2.20. The molecule has 3 rings (SSSR count). The fourth-order valence-electron chi connectivity index (χ4n) is 3.56. The predicted octanol–water partition coefficient (Wildman–Crippen LogP) is 4.53. The van der Waals surface area contributed by atoms with Crippen LogP contribution in [0.1, 0.15) is 29.7 Å². The highest BCUT2D eigenvalue weighted by atomic mass is 19.1. The molecule has 0 bridgehead atoms. The second-order valence-electron chi connectivity index (χ2n) is 6.13. The van der Waals surface area contributed by atoms with E-state index in [-0.39, 0.29) is 12.5 Å². The van der Waals surface area contributed by atoms with E-state index in [1.165, 1.54) is 17.6 Å². The van der Waals surface area contributed by atoms with Crippen molar-refractivity contribution in [1.82, 2.24) is 4.57 Å². The molecule has 1 atom stereocenters. The number of nitrogens with two attached hydrogens (primary N) is 1. The Morgan fingerprint density at radius 2 is 1.88 bits per heavy atom. The van der Waals surface area contributed by atoms with Crippen LogP contribution in [-0.2, 0) is 13.0 Å². The van der Waals surface area contributed by atoms with Crippen LogP contribution in [0.2, 0.25) is 0 Å². The third-order valence-corrected chi connectivity index (χ3v) is 4.81. The van der Waals surface area contributed by atoms with Crippen molar-refractivity contribution in [3.8, 4) is 0 Å². The summed E-state index contributed by atoms with van der Waals surface area (Å²) in [4.78, 5) is 0. The van der Waals surface area contributed by atoms with Crippen LogP contribution in [0, 0.1) is 18.6 Å². The van der Waals surface area contributed by atoms with Crippen LogP contribution in [0.3, 0.4) is 0 Å². The summed E-state index contributed by atoms with van der Waals surface area (Å²) in [5.41, 5.74) is 9.75. The van der Waals surface area contributed by atoms with Crippen LogP contribution in [0.25, 0.3) is 10.9 Å². The fourth-order valence-corrected chi connectivity index (χ4v) is 3.56. The molecule has 0 amide bonds. The molecule has 0 saturated heterocycles. The largest absolute Gasteiger partial charge is 0.345 e. The van der Waals surface area contributed by atoms with Crippen LogP contribution in [0.15, 0.2) is 42.5 Å². The lowest BCUT2D eigenvalue weighted by Crippen LogP contribution is -2.17. The average molecular weight is 328 g/mol. The zero-order valence-corrected chi connectivity index (χ0v) is 14.0. The van der Waals surface area contributed by atoms with Crippen molar-refractivity contribution < 1.29 is 8.78 Å². The normalized spacial score (nSPS) is 12.7. The van der Waals surface area contributed by atoms with Crippen LogP contribution in [0.5, 0.6) is 0 Å². The third kappa shape index (κ3) is 2.82. The van der Waals surface area contributed by atoms with Crippen molar-refractivity contribution in [2.45, 2.75) is 32.7 Å². The van der Waals surface area contributed by atoms with Crippen LogP contribution in [-0.4, -0.2) is 11.1 Å². The fraction of sp³-hybridized carbons (Fsp3) is 0.300. The summed E-state index contributed by atoms with van der Waals surface area (Å²) in [6.45, 7) is 5.32. The topological polar surface area (TPSA) is 30.9 Å². The Kier molecular flexibility index (Phi) is 4.67. The van der Waals surface area contributed by atoms with E-state index in [2.05, 4.69) is 30.5 Å². The molecule has 2 nitrogen and oxygen atoms in total. The highest BCUT2D eigenvalue weighted by Crippen LogP contribution is 2.31. The standard InChI is InChI=1S/C20H22F2N2/c1-3-24-13(2)17(16-6-4-5-7-20(16)24)10-14(12-23)18-11-15(21)8-9-19(18)22/h4-9,11,14H,3,10,12,23H2,1-2H3. The average Bonchev–Trinajstić information content (AvgIpc) is 2.86. The second kappa shape index (κ2) is 6.73. The Labute approximate surface area is 140 Å². The van der Waals surface area contributed by atoms with E-state index in [9.17, 15) is 8.78 Å². The van der Waals surface area contributed by atoms with Gasteiger partial charge in [-0.25, -0.2) is 8.78 Å². The summed E-state index contributed by atoms with van der Waals surface area (Å²) in [6.07, 6.45) is 0.593. The Balaban J connectivity index is 2.08. The van der Waals surface area contributed by atoms with Crippen molar-refractivity contribution in [1.29, 1.82) is 0 Å². The lowest BCUT2D eigenvalue weighted by atomic mass is 9.90. The Bertz CT molecular complexity index is 867. The minimum atomic E-state index is -0.433. The number of nitrogens with zero attached hydrogens (tertiary/aromatic N) is 1. The van der Waals surface area contributed by atoms with Gasteiger partial charge in [-0.05, 0) is 62.2 Å². The molecule has 1 heterocycles. The van der Waals surface area contributed by atoms with E-state index in [0.29, 0.717) is 12.0 Å². The van der Waals surface area contributed by atoms with Gasteiger partial charge in [0, 0.05) is 29.1 Å². The maximum atomic E-state index is 14.2. The number of fused-ring (bicyclic) bond motifs is 1. The van der Waals surface area contributed by atoms with Gasteiger partial charge in [0.2, 0.25) is 0 Å². The quantitative estimate of drug-likeness (QED) is 0.733. The molecule has 0 aliphatic carbocycles. The van der Waals surface area contributed by atoms with Crippen molar-refractivity contribution in [2.24, 2.45) is 5.73 Å². The first-order valence-electron chi connectivity index (χ1n) is 8.28. The zero-order chi connectivity index (χ0) is 17.3. The van der Waals surface area contributed by atoms with E-state index < -0.39 is 11.6 Å². The molecule has 2 N–H and O–H groups in total. The molecule has 24 heavy (non-hydrogen) atoms. The van der Waals surface area contributed by atoms with E-state index in [0.717, 1.165) is 29.3 Å². The molecule has 126 valence electrons. The molecule has 1 aromatic heterocycles. The van der Waals surface area contributed by atoms with E-state index >= 15 is 0 Å². The van der Waals surface area contributed by atoms with Gasteiger partial charge >= 0.3 is 0 Å². The number of hydrogen-bond acceptors (Lipinski definition) is 1. The lowest BCUT2D eigenvalue weighted by molar-refractivity contribution is 0.557. The summed E-state index contributed by atoms with van der Waals surface area (Å²) in [7, 11) is 0. The Hall–Kier alpha value is -2.20. The van der Waals surface area contributed by atoms with Crippen LogP contribution >= 0.6 is 0 Å². The van der Waals surface area contributed by atoms with Gasteiger partial charge in [-0.3, -0.25) is 0 Å². The minimum absolute atomic E-state index is 0.254. The molecular formula is C20H22F2N2. The number of rotatable bonds is 5. The van der Waals surface area contributed by atoms with Gasteiger partial charge in [-0.15, -0.1) is 0 Å². The monoisotopic (exact) mass is 328 g/mol. The summed E-state index contributed by atoms with van der Waals surface area (Å²) < 4.78 is 30.0. The number of para-hydroxylation sites is 1. The summed E-state index contributed by atoms with van der Waals surface area (Å²) in [6, 6.07) is 11.8. The van der Waals surface area contributed by atoms with Gasteiger partial charge in [0.25, 0.3) is 0 Å². The lowest BCUT2D eigenvalue weighted by Gasteiger charge is -2.17. The van der Waals surface area contributed by atoms with Gasteiger partial charge in [0.1, 0.15) is 11.6 Å². The molecule has 0 aliphatic rings. The van der Waals surface area contributed by atoms with E-state index in [4.69, 9.17) is 5.73 Å². The van der Waals surface area contributed by atoms with Crippen molar-refractivity contribution in [3.63, 3.8) is 0 Å². The van der Waals surface area contributed by atoms with E-state index in [1.54, 1.807) is 0 Å². The van der Waals surface area contributed by atoms with Gasteiger partial charge in [-0.1, -0.05) is 18.2 Å². The molecule has 0 saturated carbocycles. The maximum Gasteiger partial charge on any atom is 0.126 e. The molecule has 2 aromatic carbocycles. The first kappa shape index (κ1) is 16.7. The summed E-state index contributed by atoms with van der Waals surface area (Å²) in [5.74, 6) is -1.09. The SMILES string of the molecule is CCn1c(C)c(CC(CN)c2cc(F)ccc2F)c2ccccc21. The minimum Gasteiger partial charge on any atom is -0.345 e. The predicted molar refractivity (Wildman–Crippen MR) is 94.2 cm³/mol. The van der Waals surface area contributed by atoms with Gasteiger partial charge < -0.3 is 10.3 Å². The van der Waals surface area contributed by atoms with Gasteiger partial charge in [0.05, 0.1) is 0 Å². The third-order valence-electron chi connectivity index (χ3n) is 4.81. The molecule has 0 radical (unpaired) electrons. The molecule has 4 heteroatoms. The number of aromatic nitrogens is 1. The molecular weight excluding hydrogens is 306 g/mol. The van der Waals surface area contributed by atoms with E-state index in [1.807, 2.05) is 12.1 Å². The number of aryl methyl sites for hydroxylation is 1. The number of hydrogen-bond donors (Lipinski definition) is 1. The zero-order valence-electron chi connectivity index (χ0n) is 14.0. The Morgan fingerprint density at radius 1 is 1.12 bits per heavy atom. The van der Waals surface area contributed by atoms with Crippen molar-refractivity contribution in [2.75, 3.05) is 6.54 Å². The summed E-state index contributed by atoms with van der Waals surface area (Å²) in [5, 5.41) is 1.16.